The van der Waals surface area contributed by atoms with Crippen molar-refractivity contribution in [3.05, 3.63) is 35.2 Å². The minimum atomic E-state index is 0.475. The van der Waals surface area contributed by atoms with Crippen molar-refractivity contribution in [3.8, 4) is 0 Å². The van der Waals surface area contributed by atoms with Gasteiger partial charge in [0.1, 0.15) is 0 Å². The van der Waals surface area contributed by atoms with E-state index in [2.05, 4.69) is 49.5 Å². The number of rotatable bonds is 3. The van der Waals surface area contributed by atoms with Crippen LogP contribution in [0.5, 0.6) is 0 Å². The molecule has 3 atom stereocenters. The van der Waals surface area contributed by atoms with E-state index in [4.69, 9.17) is 0 Å². The van der Waals surface area contributed by atoms with Crippen molar-refractivity contribution in [3.63, 3.8) is 0 Å². The van der Waals surface area contributed by atoms with Crippen LogP contribution in [0.2, 0.25) is 0 Å². The molecule has 1 aliphatic rings. The molecule has 3 rings (SSSR count). The van der Waals surface area contributed by atoms with Gasteiger partial charge in [-0.15, -0.1) is 11.3 Å². The van der Waals surface area contributed by atoms with Gasteiger partial charge >= 0.3 is 0 Å². The zero-order valence-corrected chi connectivity index (χ0v) is 12.7. The molecule has 3 unspecified atom stereocenters. The fourth-order valence-corrected chi connectivity index (χ4v) is 4.26. The Morgan fingerprint density at radius 1 is 1.21 bits per heavy atom. The summed E-state index contributed by atoms with van der Waals surface area (Å²) in [4.78, 5) is 1.47. The first kappa shape index (κ1) is 13.1. The molecule has 0 amide bonds. The summed E-state index contributed by atoms with van der Waals surface area (Å²) in [6.45, 7) is 4.71. The molecule has 0 bridgehead atoms. The van der Waals surface area contributed by atoms with E-state index in [1.165, 1.54) is 40.6 Å². The largest absolute Gasteiger partial charge is 0.306 e. The molecule has 1 nitrogen and oxygen atoms in total. The molecule has 1 fully saturated rings. The number of hydrogen-bond acceptors (Lipinski definition) is 2. The van der Waals surface area contributed by atoms with E-state index in [0.29, 0.717) is 12.1 Å². The zero-order chi connectivity index (χ0) is 13.2. The van der Waals surface area contributed by atoms with Gasteiger partial charge in [0, 0.05) is 21.7 Å². The average molecular weight is 273 g/mol. The van der Waals surface area contributed by atoms with Crippen LogP contribution in [0.15, 0.2) is 30.3 Å². The number of thiophene rings is 1. The average Bonchev–Trinajstić information content (AvgIpc) is 2.85. The minimum absolute atomic E-state index is 0.475. The molecule has 2 heteroatoms. The monoisotopic (exact) mass is 273 g/mol. The van der Waals surface area contributed by atoms with E-state index in [0.717, 1.165) is 5.92 Å². The van der Waals surface area contributed by atoms with Crippen LogP contribution < -0.4 is 5.32 Å². The van der Waals surface area contributed by atoms with Crippen LogP contribution in [0, 0.1) is 5.92 Å². The number of benzene rings is 1. The molecule has 19 heavy (non-hydrogen) atoms. The molecule has 0 saturated heterocycles. The lowest BCUT2D eigenvalue weighted by molar-refractivity contribution is 0.264. The van der Waals surface area contributed by atoms with E-state index in [-0.39, 0.29) is 0 Å². The Bertz CT molecular complexity index is 512. The van der Waals surface area contributed by atoms with Crippen LogP contribution in [0.1, 0.15) is 50.4 Å². The summed E-state index contributed by atoms with van der Waals surface area (Å²) in [5.41, 5.74) is 0. The second-order valence-corrected chi connectivity index (χ2v) is 7.06. The predicted octanol–water partition coefficient (Wildman–Crippen LogP) is 5.13. The van der Waals surface area contributed by atoms with Crippen LogP contribution in [0.25, 0.3) is 10.1 Å². The lowest BCUT2D eigenvalue weighted by Gasteiger charge is -2.32. The van der Waals surface area contributed by atoms with Gasteiger partial charge in [-0.2, -0.15) is 0 Å². The van der Waals surface area contributed by atoms with Crippen LogP contribution >= 0.6 is 11.3 Å². The smallest absolute Gasteiger partial charge is 0.0388 e. The Balaban J connectivity index is 1.74. The van der Waals surface area contributed by atoms with E-state index >= 15 is 0 Å². The quantitative estimate of drug-likeness (QED) is 0.817. The Morgan fingerprint density at radius 3 is 2.79 bits per heavy atom. The molecule has 102 valence electrons. The Hall–Kier alpha value is -0.860. The highest BCUT2D eigenvalue weighted by Gasteiger charge is 2.23. The normalized spacial score (nSPS) is 25.6. The summed E-state index contributed by atoms with van der Waals surface area (Å²) in [6.07, 6.45) is 5.53. The topological polar surface area (TPSA) is 12.0 Å². The molecule has 1 N–H and O–H groups in total. The van der Waals surface area contributed by atoms with Crippen LogP contribution in [0.3, 0.4) is 0 Å². The lowest BCUT2D eigenvalue weighted by atomic mass is 9.85. The van der Waals surface area contributed by atoms with Gasteiger partial charge in [0.05, 0.1) is 0 Å². The number of hydrogen-bond donors (Lipinski definition) is 1. The zero-order valence-electron chi connectivity index (χ0n) is 11.9. The fourth-order valence-electron chi connectivity index (χ4n) is 3.18. The summed E-state index contributed by atoms with van der Waals surface area (Å²) in [7, 11) is 0. The summed E-state index contributed by atoms with van der Waals surface area (Å²) >= 11 is 1.93. The first-order valence-corrected chi connectivity index (χ1v) is 8.30. The second kappa shape index (κ2) is 5.64. The minimum Gasteiger partial charge on any atom is -0.306 e. The molecule has 0 spiro atoms. The number of nitrogens with one attached hydrogen (secondary N) is 1. The second-order valence-electron chi connectivity index (χ2n) is 5.94. The Kier molecular flexibility index (Phi) is 3.90. The SMILES string of the molecule is CC(NC1CCCCC1C)c1cc2ccccc2s1. The molecule has 1 aromatic heterocycles. The summed E-state index contributed by atoms with van der Waals surface area (Å²) in [5, 5.41) is 5.24. The summed E-state index contributed by atoms with van der Waals surface area (Å²) in [6, 6.07) is 12.2. The van der Waals surface area contributed by atoms with Gasteiger partial charge < -0.3 is 5.32 Å². The van der Waals surface area contributed by atoms with E-state index in [1.54, 1.807) is 0 Å². The van der Waals surface area contributed by atoms with E-state index in [1.807, 2.05) is 11.3 Å². The van der Waals surface area contributed by atoms with E-state index in [9.17, 15) is 0 Å². The highest BCUT2D eigenvalue weighted by atomic mass is 32.1. The van der Waals surface area contributed by atoms with Crippen molar-refractivity contribution in [2.24, 2.45) is 5.92 Å². The Labute approximate surface area is 120 Å². The molecule has 1 aromatic carbocycles. The maximum atomic E-state index is 3.86. The van der Waals surface area contributed by atoms with Gasteiger partial charge in [0.15, 0.2) is 0 Å². The highest BCUT2D eigenvalue weighted by molar-refractivity contribution is 7.19. The summed E-state index contributed by atoms with van der Waals surface area (Å²) in [5.74, 6) is 0.825. The van der Waals surface area contributed by atoms with Crippen molar-refractivity contribution in [2.75, 3.05) is 0 Å². The maximum Gasteiger partial charge on any atom is 0.0388 e. The third kappa shape index (κ3) is 2.85. The first-order valence-electron chi connectivity index (χ1n) is 7.48. The third-order valence-corrected chi connectivity index (χ3v) is 5.75. The fraction of sp³-hybridized carbons (Fsp3) is 0.529. The van der Waals surface area contributed by atoms with Gasteiger partial charge in [-0.05, 0) is 43.2 Å². The highest BCUT2D eigenvalue weighted by Crippen LogP contribution is 2.32. The van der Waals surface area contributed by atoms with Crippen LogP contribution in [-0.4, -0.2) is 6.04 Å². The predicted molar refractivity (Wildman–Crippen MR) is 84.8 cm³/mol. The first-order chi connectivity index (χ1) is 9.24. The number of fused-ring (bicyclic) bond motifs is 1. The van der Waals surface area contributed by atoms with Gasteiger partial charge in [-0.25, -0.2) is 0 Å². The molecule has 1 aliphatic carbocycles. The molecule has 1 saturated carbocycles. The Morgan fingerprint density at radius 2 is 2.00 bits per heavy atom. The standard InChI is InChI=1S/C17H23NS/c1-12-7-3-5-9-15(12)18-13(2)17-11-14-8-4-6-10-16(14)19-17/h4,6,8,10-13,15,18H,3,5,7,9H2,1-2H3. The van der Waals surface area contributed by atoms with Crippen molar-refractivity contribution < 1.29 is 0 Å². The molecule has 0 aliphatic heterocycles. The van der Waals surface area contributed by atoms with Gasteiger partial charge in [0.2, 0.25) is 0 Å². The van der Waals surface area contributed by atoms with Crippen LogP contribution in [0.4, 0.5) is 0 Å². The van der Waals surface area contributed by atoms with Crippen molar-refractivity contribution in [1.29, 1.82) is 0 Å². The molecule has 1 heterocycles. The van der Waals surface area contributed by atoms with Gasteiger partial charge in [-0.3, -0.25) is 0 Å². The third-order valence-electron chi connectivity index (χ3n) is 4.45. The van der Waals surface area contributed by atoms with Crippen molar-refractivity contribution in [1.82, 2.24) is 5.32 Å². The van der Waals surface area contributed by atoms with Crippen molar-refractivity contribution in [2.45, 2.75) is 51.6 Å². The molecular formula is C17H23NS. The molecule has 0 radical (unpaired) electrons. The van der Waals surface area contributed by atoms with Crippen LogP contribution in [-0.2, 0) is 0 Å². The van der Waals surface area contributed by atoms with Crippen molar-refractivity contribution >= 4 is 21.4 Å². The summed E-state index contributed by atoms with van der Waals surface area (Å²) < 4.78 is 1.41. The van der Waals surface area contributed by atoms with Gasteiger partial charge in [0.25, 0.3) is 0 Å². The maximum absolute atomic E-state index is 3.86. The van der Waals surface area contributed by atoms with Gasteiger partial charge in [-0.1, -0.05) is 38.0 Å². The molecule has 2 aromatic rings. The van der Waals surface area contributed by atoms with E-state index < -0.39 is 0 Å². The lowest BCUT2D eigenvalue weighted by Crippen LogP contribution is -2.38. The molecular weight excluding hydrogens is 250 g/mol.